The van der Waals surface area contributed by atoms with Crippen LogP contribution in [0.3, 0.4) is 0 Å². The van der Waals surface area contributed by atoms with Gasteiger partial charge in [0.05, 0.1) is 11.0 Å². The zero-order valence-corrected chi connectivity index (χ0v) is 17.6. The third-order valence-electron chi connectivity index (χ3n) is 5.76. The number of rotatable bonds is 7. The summed E-state index contributed by atoms with van der Waals surface area (Å²) < 4.78 is 25.6. The second kappa shape index (κ2) is 9.53. The van der Waals surface area contributed by atoms with Gasteiger partial charge in [0.15, 0.2) is 5.82 Å². The lowest BCUT2D eigenvalue weighted by atomic mass is 10.1. The average Bonchev–Trinajstić information content (AvgIpc) is 3.23. The molecule has 1 amide bonds. The van der Waals surface area contributed by atoms with E-state index in [-0.39, 0.29) is 11.7 Å². The minimum Gasteiger partial charge on any atom is -0.348 e. The number of H-pyrrole nitrogens is 1. The second-order valence-electron chi connectivity index (χ2n) is 7.86. The summed E-state index contributed by atoms with van der Waals surface area (Å²) in [6.07, 6.45) is -2.67. The van der Waals surface area contributed by atoms with Gasteiger partial charge in [0.25, 0.3) is 12.3 Å². The van der Waals surface area contributed by atoms with E-state index in [0.717, 1.165) is 44.8 Å². The lowest BCUT2D eigenvalue weighted by Gasteiger charge is -2.34. The SMILES string of the molecule is CCN1CCN(Cc2ccc(CNC(=O)c3ccc4nc(C(F)F)[nH]c4c3)cc2)CC1. The quantitative estimate of drug-likeness (QED) is 0.605. The molecule has 1 aliphatic heterocycles. The Morgan fingerprint density at radius 1 is 1.06 bits per heavy atom. The van der Waals surface area contributed by atoms with Crippen molar-refractivity contribution in [2.75, 3.05) is 32.7 Å². The lowest BCUT2D eigenvalue weighted by Crippen LogP contribution is -2.45. The molecule has 0 saturated carbocycles. The number of hydrogen-bond donors (Lipinski definition) is 2. The van der Waals surface area contributed by atoms with Crippen LogP contribution in [0.25, 0.3) is 11.0 Å². The highest BCUT2D eigenvalue weighted by atomic mass is 19.3. The number of aromatic amines is 1. The van der Waals surface area contributed by atoms with Gasteiger partial charge in [-0.2, -0.15) is 0 Å². The molecule has 164 valence electrons. The number of nitrogens with zero attached hydrogens (tertiary/aromatic N) is 3. The predicted molar refractivity (Wildman–Crippen MR) is 116 cm³/mol. The van der Waals surface area contributed by atoms with Crippen LogP contribution in [-0.2, 0) is 13.1 Å². The van der Waals surface area contributed by atoms with Gasteiger partial charge in [0.2, 0.25) is 0 Å². The molecule has 8 heteroatoms. The van der Waals surface area contributed by atoms with Crippen molar-refractivity contribution >= 4 is 16.9 Å². The molecule has 3 aromatic rings. The zero-order valence-electron chi connectivity index (χ0n) is 17.6. The Kier molecular flexibility index (Phi) is 6.58. The van der Waals surface area contributed by atoms with Crippen molar-refractivity contribution < 1.29 is 13.6 Å². The van der Waals surface area contributed by atoms with Crippen molar-refractivity contribution in [2.45, 2.75) is 26.4 Å². The Balaban J connectivity index is 1.30. The highest BCUT2D eigenvalue weighted by molar-refractivity contribution is 5.97. The monoisotopic (exact) mass is 427 g/mol. The number of halogens is 2. The zero-order chi connectivity index (χ0) is 21.8. The Bertz CT molecular complexity index is 1030. The molecule has 0 aliphatic carbocycles. The van der Waals surface area contributed by atoms with Gasteiger partial charge in [-0.3, -0.25) is 9.69 Å². The molecule has 2 heterocycles. The van der Waals surface area contributed by atoms with Crippen LogP contribution in [0.1, 0.15) is 40.7 Å². The van der Waals surface area contributed by atoms with E-state index in [1.807, 2.05) is 12.1 Å². The highest BCUT2D eigenvalue weighted by Crippen LogP contribution is 2.20. The van der Waals surface area contributed by atoms with Crippen LogP contribution in [0.2, 0.25) is 0 Å². The maximum Gasteiger partial charge on any atom is 0.295 e. The van der Waals surface area contributed by atoms with E-state index >= 15 is 0 Å². The molecule has 1 aliphatic rings. The van der Waals surface area contributed by atoms with Crippen LogP contribution in [0.15, 0.2) is 42.5 Å². The first-order valence-corrected chi connectivity index (χ1v) is 10.6. The normalized spacial score (nSPS) is 15.6. The van der Waals surface area contributed by atoms with Gasteiger partial charge in [-0.25, -0.2) is 13.8 Å². The number of hydrogen-bond acceptors (Lipinski definition) is 4. The molecule has 0 bridgehead atoms. The van der Waals surface area contributed by atoms with Gasteiger partial charge in [0.1, 0.15) is 0 Å². The van der Waals surface area contributed by atoms with E-state index < -0.39 is 6.43 Å². The third-order valence-corrected chi connectivity index (χ3v) is 5.76. The van der Waals surface area contributed by atoms with E-state index in [9.17, 15) is 13.6 Å². The van der Waals surface area contributed by atoms with Gasteiger partial charge >= 0.3 is 0 Å². The number of carbonyl (C=O) groups is 1. The van der Waals surface area contributed by atoms with Gasteiger partial charge in [-0.15, -0.1) is 0 Å². The number of carbonyl (C=O) groups excluding carboxylic acids is 1. The molecule has 6 nitrogen and oxygen atoms in total. The smallest absolute Gasteiger partial charge is 0.295 e. The van der Waals surface area contributed by atoms with E-state index in [4.69, 9.17) is 0 Å². The maximum atomic E-state index is 12.8. The first-order valence-electron chi connectivity index (χ1n) is 10.6. The number of aromatic nitrogens is 2. The van der Waals surface area contributed by atoms with Gasteiger partial charge in [-0.1, -0.05) is 31.2 Å². The molecular weight excluding hydrogens is 400 g/mol. The molecule has 0 atom stereocenters. The minimum absolute atomic E-state index is 0.257. The molecule has 0 radical (unpaired) electrons. The molecule has 1 aromatic heterocycles. The number of nitrogens with one attached hydrogen (secondary N) is 2. The van der Waals surface area contributed by atoms with Crippen molar-refractivity contribution in [3.8, 4) is 0 Å². The van der Waals surface area contributed by atoms with Crippen LogP contribution in [-0.4, -0.2) is 58.4 Å². The highest BCUT2D eigenvalue weighted by Gasteiger charge is 2.16. The molecular formula is C23H27F2N5O. The van der Waals surface area contributed by atoms with E-state index in [1.54, 1.807) is 18.2 Å². The molecule has 2 aromatic carbocycles. The fourth-order valence-corrected chi connectivity index (χ4v) is 3.84. The van der Waals surface area contributed by atoms with Crippen molar-refractivity contribution in [2.24, 2.45) is 0 Å². The lowest BCUT2D eigenvalue weighted by molar-refractivity contribution is 0.0951. The second-order valence-corrected chi connectivity index (χ2v) is 7.86. The minimum atomic E-state index is -2.67. The molecule has 2 N–H and O–H groups in total. The van der Waals surface area contributed by atoms with E-state index in [2.05, 4.69) is 44.1 Å². The molecule has 4 rings (SSSR count). The van der Waals surface area contributed by atoms with Crippen LogP contribution < -0.4 is 5.32 Å². The van der Waals surface area contributed by atoms with Crippen LogP contribution in [0, 0.1) is 0 Å². The summed E-state index contributed by atoms with van der Waals surface area (Å²) in [6, 6.07) is 13.0. The van der Waals surface area contributed by atoms with Crippen molar-refractivity contribution in [3.05, 3.63) is 65.0 Å². The number of benzene rings is 2. The summed E-state index contributed by atoms with van der Waals surface area (Å²) in [5, 5.41) is 2.88. The fraction of sp³-hybridized carbons (Fsp3) is 0.391. The van der Waals surface area contributed by atoms with E-state index in [0.29, 0.717) is 23.1 Å². The summed E-state index contributed by atoms with van der Waals surface area (Å²) in [4.78, 5) is 23.8. The average molecular weight is 427 g/mol. The summed E-state index contributed by atoms with van der Waals surface area (Å²) in [6.45, 7) is 9.07. The third kappa shape index (κ3) is 5.26. The number of piperazine rings is 1. The number of amides is 1. The standard InChI is InChI=1S/C23H27F2N5O/c1-2-29-9-11-30(12-10-29)15-17-5-3-16(4-6-17)14-26-23(31)18-7-8-19-20(13-18)28-22(27-19)21(24)25/h3-8,13,21H,2,9-12,14-15H2,1H3,(H,26,31)(H,27,28). The first kappa shape index (κ1) is 21.4. The number of fused-ring (bicyclic) bond motifs is 1. The number of likely N-dealkylation sites (N-methyl/N-ethyl adjacent to an activating group) is 1. The van der Waals surface area contributed by atoms with E-state index in [1.165, 1.54) is 5.56 Å². The Labute approximate surface area is 180 Å². The number of alkyl halides is 2. The topological polar surface area (TPSA) is 64.3 Å². The Morgan fingerprint density at radius 2 is 1.74 bits per heavy atom. The van der Waals surface area contributed by atoms with Crippen LogP contribution in [0.4, 0.5) is 8.78 Å². The maximum absolute atomic E-state index is 12.8. The van der Waals surface area contributed by atoms with Gasteiger partial charge < -0.3 is 15.2 Å². The van der Waals surface area contributed by atoms with Gasteiger partial charge in [0, 0.05) is 44.8 Å². The molecule has 1 fully saturated rings. The summed E-state index contributed by atoms with van der Waals surface area (Å²) >= 11 is 0. The van der Waals surface area contributed by atoms with Gasteiger partial charge in [-0.05, 0) is 35.9 Å². The first-order chi connectivity index (χ1) is 15.0. The number of imidazole rings is 1. The molecule has 1 saturated heterocycles. The van der Waals surface area contributed by atoms with Crippen LogP contribution in [0.5, 0.6) is 0 Å². The molecule has 0 spiro atoms. The van der Waals surface area contributed by atoms with Crippen molar-refractivity contribution in [1.29, 1.82) is 0 Å². The Morgan fingerprint density at radius 3 is 2.42 bits per heavy atom. The Hall–Kier alpha value is -2.84. The predicted octanol–water partition coefficient (Wildman–Crippen LogP) is 3.57. The molecule has 31 heavy (non-hydrogen) atoms. The molecule has 0 unspecified atom stereocenters. The summed E-state index contributed by atoms with van der Waals surface area (Å²) in [5.74, 6) is -0.646. The van der Waals surface area contributed by atoms with Crippen molar-refractivity contribution in [1.82, 2.24) is 25.1 Å². The summed E-state index contributed by atoms with van der Waals surface area (Å²) in [5.41, 5.74) is 3.51. The van der Waals surface area contributed by atoms with Crippen LogP contribution >= 0.6 is 0 Å². The summed E-state index contributed by atoms with van der Waals surface area (Å²) in [7, 11) is 0. The van der Waals surface area contributed by atoms with Crippen molar-refractivity contribution in [3.63, 3.8) is 0 Å². The largest absolute Gasteiger partial charge is 0.348 e. The fourth-order valence-electron chi connectivity index (χ4n) is 3.84.